The van der Waals surface area contributed by atoms with Crippen LogP contribution in [-0.2, 0) is 11.2 Å². The molecular formula is C16H11Cl2N3O3. The number of amides is 2. The van der Waals surface area contributed by atoms with Crippen molar-refractivity contribution in [3.63, 3.8) is 0 Å². The third kappa shape index (κ3) is 3.50. The van der Waals surface area contributed by atoms with Crippen LogP contribution in [0.4, 0.5) is 0 Å². The molecule has 0 saturated heterocycles. The monoisotopic (exact) mass is 363 g/mol. The Hall–Kier alpha value is -2.57. The summed E-state index contributed by atoms with van der Waals surface area (Å²) >= 11 is 11.8. The van der Waals surface area contributed by atoms with E-state index in [-0.39, 0.29) is 17.0 Å². The molecule has 8 heteroatoms. The average Bonchev–Trinajstić information content (AvgIpc) is 2.98. The van der Waals surface area contributed by atoms with Gasteiger partial charge < -0.3 is 4.52 Å². The van der Waals surface area contributed by atoms with Crippen molar-refractivity contribution in [1.29, 1.82) is 0 Å². The number of nitrogens with zero attached hydrogens (tertiary/aromatic N) is 1. The maximum atomic E-state index is 12.0. The van der Waals surface area contributed by atoms with Gasteiger partial charge >= 0.3 is 0 Å². The number of carbonyl (C=O) groups is 2. The van der Waals surface area contributed by atoms with Crippen LogP contribution in [0.2, 0.25) is 10.0 Å². The van der Waals surface area contributed by atoms with Crippen molar-refractivity contribution in [2.75, 3.05) is 0 Å². The lowest BCUT2D eigenvalue weighted by molar-refractivity contribution is -0.121. The van der Waals surface area contributed by atoms with Gasteiger partial charge in [-0.3, -0.25) is 20.4 Å². The summed E-state index contributed by atoms with van der Waals surface area (Å²) in [5, 5.41) is 5.20. The number of aromatic nitrogens is 1. The molecule has 0 saturated carbocycles. The number of nitrogens with one attached hydrogen (secondary N) is 2. The summed E-state index contributed by atoms with van der Waals surface area (Å²) in [5.74, 6) is -1.01. The minimum atomic E-state index is -0.569. The zero-order chi connectivity index (χ0) is 17.1. The molecule has 3 rings (SSSR count). The normalized spacial score (nSPS) is 10.6. The predicted octanol–water partition coefficient (Wildman–Crippen LogP) is 3.14. The smallest absolute Gasteiger partial charge is 0.271 e. The van der Waals surface area contributed by atoms with Gasteiger partial charge in [0.1, 0.15) is 5.69 Å². The molecule has 2 aromatic carbocycles. The third-order valence-corrected chi connectivity index (χ3v) is 3.83. The molecule has 2 N–H and O–H groups in total. The van der Waals surface area contributed by atoms with Crippen molar-refractivity contribution in [1.82, 2.24) is 16.0 Å². The molecule has 1 heterocycles. The molecule has 0 bridgehead atoms. The van der Waals surface area contributed by atoms with Crippen LogP contribution in [0.25, 0.3) is 11.0 Å². The molecule has 1 aromatic heterocycles. The van der Waals surface area contributed by atoms with E-state index in [1.807, 2.05) is 12.1 Å². The molecule has 0 aliphatic carbocycles. The van der Waals surface area contributed by atoms with E-state index in [9.17, 15) is 9.59 Å². The Morgan fingerprint density at radius 3 is 2.71 bits per heavy atom. The number of para-hydroxylation sites is 1. The lowest BCUT2D eigenvalue weighted by Gasteiger charge is -2.08. The number of carbonyl (C=O) groups excluding carboxylic acids is 2. The summed E-state index contributed by atoms with van der Waals surface area (Å²) in [6.45, 7) is 0. The molecule has 0 aliphatic rings. The Labute approximate surface area is 146 Å². The van der Waals surface area contributed by atoms with E-state index in [1.165, 1.54) is 12.1 Å². The van der Waals surface area contributed by atoms with Crippen molar-refractivity contribution in [2.45, 2.75) is 6.42 Å². The predicted molar refractivity (Wildman–Crippen MR) is 89.8 cm³/mol. The molecule has 24 heavy (non-hydrogen) atoms. The van der Waals surface area contributed by atoms with Crippen LogP contribution >= 0.6 is 23.2 Å². The largest absolute Gasteiger partial charge is 0.356 e. The number of rotatable bonds is 3. The molecular weight excluding hydrogens is 353 g/mol. The second-order valence-corrected chi connectivity index (χ2v) is 5.77. The van der Waals surface area contributed by atoms with Gasteiger partial charge in [0.15, 0.2) is 5.58 Å². The molecule has 0 unspecified atom stereocenters. The van der Waals surface area contributed by atoms with Crippen LogP contribution in [-0.4, -0.2) is 17.0 Å². The summed E-state index contributed by atoms with van der Waals surface area (Å²) < 4.78 is 5.12. The quantitative estimate of drug-likeness (QED) is 0.700. The second-order valence-electron chi connectivity index (χ2n) is 4.93. The standard InChI is InChI=1S/C16H11Cl2N3O3/c17-9-5-6-12(18)11(7-9)16(23)20-19-15(22)8-13-10-3-1-2-4-14(10)24-21-13/h1-7H,8H2,(H,19,22)(H,20,23). The van der Waals surface area contributed by atoms with E-state index >= 15 is 0 Å². The van der Waals surface area contributed by atoms with Gasteiger partial charge in [-0.05, 0) is 30.3 Å². The fourth-order valence-corrected chi connectivity index (χ4v) is 2.50. The SMILES string of the molecule is O=C(Cc1noc2ccccc12)NNC(=O)c1cc(Cl)ccc1Cl. The Kier molecular flexibility index (Phi) is 4.69. The van der Waals surface area contributed by atoms with Crippen LogP contribution < -0.4 is 10.9 Å². The number of hydrogen-bond donors (Lipinski definition) is 2. The first-order valence-corrected chi connectivity index (χ1v) is 7.67. The van der Waals surface area contributed by atoms with Gasteiger partial charge in [0.25, 0.3) is 5.91 Å². The topological polar surface area (TPSA) is 84.2 Å². The fourth-order valence-electron chi connectivity index (χ4n) is 2.13. The molecule has 3 aromatic rings. The van der Waals surface area contributed by atoms with Crippen molar-refractivity contribution in [2.24, 2.45) is 0 Å². The molecule has 0 aliphatic heterocycles. The van der Waals surface area contributed by atoms with E-state index in [1.54, 1.807) is 18.2 Å². The third-order valence-electron chi connectivity index (χ3n) is 3.27. The molecule has 2 amide bonds. The average molecular weight is 364 g/mol. The van der Waals surface area contributed by atoms with Gasteiger partial charge in [0, 0.05) is 10.4 Å². The minimum absolute atomic E-state index is 0.0411. The molecule has 0 spiro atoms. The van der Waals surface area contributed by atoms with Crippen molar-refractivity contribution in [3.05, 3.63) is 63.8 Å². The summed E-state index contributed by atoms with van der Waals surface area (Å²) in [6.07, 6.45) is -0.0411. The fraction of sp³-hybridized carbons (Fsp3) is 0.0625. The highest BCUT2D eigenvalue weighted by Gasteiger charge is 2.14. The van der Waals surface area contributed by atoms with Crippen LogP contribution in [0.3, 0.4) is 0 Å². The molecule has 0 atom stereocenters. The van der Waals surface area contributed by atoms with Gasteiger partial charge in [-0.2, -0.15) is 0 Å². The van der Waals surface area contributed by atoms with Gasteiger partial charge in [-0.1, -0.05) is 40.5 Å². The first kappa shape index (κ1) is 16.3. The maximum absolute atomic E-state index is 12.0. The lowest BCUT2D eigenvalue weighted by Crippen LogP contribution is -2.42. The number of halogens is 2. The van der Waals surface area contributed by atoms with Gasteiger partial charge in [-0.25, -0.2) is 0 Å². The number of fused-ring (bicyclic) bond motifs is 1. The highest BCUT2D eigenvalue weighted by atomic mass is 35.5. The Morgan fingerprint density at radius 1 is 1.08 bits per heavy atom. The van der Waals surface area contributed by atoms with Gasteiger partial charge in [0.05, 0.1) is 17.0 Å². The van der Waals surface area contributed by atoms with Gasteiger partial charge in [-0.15, -0.1) is 0 Å². The Balaban J connectivity index is 1.63. The van der Waals surface area contributed by atoms with Gasteiger partial charge in [0.2, 0.25) is 5.91 Å². The molecule has 0 fully saturated rings. The number of hydrazine groups is 1. The van der Waals surface area contributed by atoms with Crippen LogP contribution in [0.15, 0.2) is 47.0 Å². The van der Waals surface area contributed by atoms with E-state index in [0.717, 1.165) is 5.39 Å². The Morgan fingerprint density at radius 2 is 1.88 bits per heavy atom. The highest BCUT2D eigenvalue weighted by Crippen LogP contribution is 2.20. The molecule has 6 nitrogen and oxygen atoms in total. The Bertz CT molecular complexity index is 924. The van der Waals surface area contributed by atoms with Crippen molar-refractivity contribution >= 4 is 46.0 Å². The number of benzene rings is 2. The van der Waals surface area contributed by atoms with Crippen LogP contribution in [0.1, 0.15) is 16.1 Å². The first-order valence-electron chi connectivity index (χ1n) is 6.92. The maximum Gasteiger partial charge on any atom is 0.271 e. The highest BCUT2D eigenvalue weighted by molar-refractivity contribution is 6.35. The molecule has 122 valence electrons. The number of hydrogen-bond acceptors (Lipinski definition) is 4. The zero-order valence-corrected chi connectivity index (χ0v) is 13.7. The summed E-state index contributed by atoms with van der Waals surface area (Å²) in [4.78, 5) is 24.0. The van der Waals surface area contributed by atoms with E-state index < -0.39 is 11.8 Å². The van der Waals surface area contributed by atoms with E-state index in [4.69, 9.17) is 27.7 Å². The second kappa shape index (κ2) is 6.90. The van der Waals surface area contributed by atoms with Crippen molar-refractivity contribution in [3.8, 4) is 0 Å². The lowest BCUT2D eigenvalue weighted by atomic mass is 10.2. The summed E-state index contributed by atoms with van der Waals surface area (Å²) in [7, 11) is 0. The molecule has 0 radical (unpaired) electrons. The van der Waals surface area contributed by atoms with Crippen LogP contribution in [0.5, 0.6) is 0 Å². The first-order chi connectivity index (χ1) is 11.5. The summed E-state index contributed by atoms with van der Waals surface area (Å²) in [5.41, 5.74) is 5.84. The van der Waals surface area contributed by atoms with Crippen LogP contribution in [0, 0.1) is 0 Å². The zero-order valence-electron chi connectivity index (χ0n) is 12.2. The van der Waals surface area contributed by atoms with E-state index in [0.29, 0.717) is 16.3 Å². The summed E-state index contributed by atoms with van der Waals surface area (Å²) in [6, 6.07) is 11.7. The minimum Gasteiger partial charge on any atom is -0.356 e. The van der Waals surface area contributed by atoms with E-state index in [2.05, 4.69) is 16.0 Å². The van der Waals surface area contributed by atoms with Crippen molar-refractivity contribution < 1.29 is 14.1 Å².